The van der Waals surface area contributed by atoms with Crippen molar-refractivity contribution in [3.05, 3.63) is 34.9 Å². The summed E-state index contributed by atoms with van der Waals surface area (Å²) in [5, 5.41) is 0.670. The first-order valence-electron chi connectivity index (χ1n) is 6.39. The predicted octanol–water partition coefficient (Wildman–Crippen LogP) is 2.82. The van der Waals surface area contributed by atoms with Crippen molar-refractivity contribution in [2.45, 2.75) is 31.7 Å². The Kier molecular flexibility index (Phi) is 6.11. The maximum absolute atomic E-state index is 12.5. The molecule has 1 heterocycles. The summed E-state index contributed by atoms with van der Waals surface area (Å²) in [6.07, 6.45) is 2.07. The van der Waals surface area contributed by atoms with Crippen LogP contribution in [0.15, 0.2) is 24.3 Å². The van der Waals surface area contributed by atoms with E-state index in [1.807, 2.05) is 36.1 Å². The van der Waals surface area contributed by atoms with E-state index in [1.54, 1.807) is 0 Å². The molecule has 1 aromatic rings. The van der Waals surface area contributed by atoms with E-state index in [9.17, 15) is 4.79 Å². The summed E-state index contributed by atoms with van der Waals surface area (Å²) in [6.45, 7) is 3.31. The van der Waals surface area contributed by atoms with E-state index in [1.165, 1.54) is 0 Å². The van der Waals surface area contributed by atoms with Crippen LogP contribution in [-0.4, -0.2) is 29.9 Å². The van der Waals surface area contributed by atoms with Crippen molar-refractivity contribution >= 4 is 29.9 Å². The Labute approximate surface area is 125 Å². The second kappa shape index (κ2) is 7.13. The SMILES string of the molecule is CC(C(=O)N1CCCC1CN)c1cccc(Cl)c1.Cl. The Morgan fingerprint density at radius 3 is 2.95 bits per heavy atom. The molecule has 1 aliphatic rings. The Bertz CT molecular complexity index is 439. The molecule has 106 valence electrons. The first kappa shape index (κ1) is 16.3. The molecule has 3 nitrogen and oxygen atoms in total. The molecule has 1 fully saturated rings. The van der Waals surface area contributed by atoms with Crippen molar-refractivity contribution < 1.29 is 4.79 Å². The number of likely N-dealkylation sites (tertiary alicyclic amines) is 1. The molecule has 19 heavy (non-hydrogen) atoms. The normalized spacial score (nSPS) is 19.9. The summed E-state index contributed by atoms with van der Waals surface area (Å²) in [6, 6.07) is 7.71. The third-order valence-corrected chi connectivity index (χ3v) is 3.89. The number of amides is 1. The predicted molar refractivity (Wildman–Crippen MR) is 80.9 cm³/mol. The van der Waals surface area contributed by atoms with Gasteiger partial charge in [0, 0.05) is 24.2 Å². The topological polar surface area (TPSA) is 46.3 Å². The van der Waals surface area contributed by atoms with Crippen LogP contribution in [0, 0.1) is 0 Å². The summed E-state index contributed by atoms with van der Waals surface area (Å²) < 4.78 is 0. The fourth-order valence-corrected chi connectivity index (χ4v) is 2.74. The maximum atomic E-state index is 12.5. The Hall–Kier alpha value is -0.770. The van der Waals surface area contributed by atoms with Gasteiger partial charge in [0.25, 0.3) is 0 Å². The summed E-state index contributed by atoms with van der Waals surface area (Å²) >= 11 is 5.96. The van der Waals surface area contributed by atoms with Crippen LogP contribution in [0.3, 0.4) is 0 Å². The van der Waals surface area contributed by atoms with Gasteiger partial charge in [-0.05, 0) is 37.5 Å². The third-order valence-electron chi connectivity index (χ3n) is 3.65. The van der Waals surface area contributed by atoms with E-state index in [0.29, 0.717) is 11.6 Å². The fourth-order valence-electron chi connectivity index (χ4n) is 2.54. The standard InChI is InChI=1S/C14H19ClN2O.ClH/c1-10(11-4-2-5-12(15)8-11)14(18)17-7-3-6-13(17)9-16;/h2,4-5,8,10,13H,3,6-7,9,16H2,1H3;1H. The minimum atomic E-state index is -0.157. The van der Waals surface area contributed by atoms with Gasteiger partial charge in [0.15, 0.2) is 0 Å². The minimum absolute atomic E-state index is 0. The van der Waals surface area contributed by atoms with Gasteiger partial charge in [0.1, 0.15) is 0 Å². The van der Waals surface area contributed by atoms with Gasteiger partial charge < -0.3 is 10.6 Å². The second-order valence-electron chi connectivity index (χ2n) is 4.84. The van der Waals surface area contributed by atoms with E-state index in [-0.39, 0.29) is 30.3 Å². The van der Waals surface area contributed by atoms with Crippen LogP contribution in [0.2, 0.25) is 5.02 Å². The molecule has 1 aliphatic heterocycles. The van der Waals surface area contributed by atoms with Crippen molar-refractivity contribution in [1.29, 1.82) is 0 Å². The smallest absolute Gasteiger partial charge is 0.230 e. The van der Waals surface area contributed by atoms with E-state index >= 15 is 0 Å². The van der Waals surface area contributed by atoms with Crippen LogP contribution >= 0.6 is 24.0 Å². The molecule has 2 atom stereocenters. The monoisotopic (exact) mass is 302 g/mol. The van der Waals surface area contributed by atoms with Gasteiger partial charge in [0.2, 0.25) is 5.91 Å². The van der Waals surface area contributed by atoms with Crippen molar-refractivity contribution in [3.8, 4) is 0 Å². The molecule has 0 radical (unpaired) electrons. The number of rotatable bonds is 3. The van der Waals surface area contributed by atoms with Crippen LogP contribution in [-0.2, 0) is 4.79 Å². The van der Waals surface area contributed by atoms with Gasteiger partial charge >= 0.3 is 0 Å². The van der Waals surface area contributed by atoms with Gasteiger partial charge in [-0.15, -0.1) is 12.4 Å². The minimum Gasteiger partial charge on any atom is -0.338 e. The number of carbonyl (C=O) groups excluding carboxylic acids is 1. The molecule has 2 N–H and O–H groups in total. The van der Waals surface area contributed by atoms with Crippen molar-refractivity contribution in [2.24, 2.45) is 5.73 Å². The molecule has 2 unspecified atom stereocenters. The number of hydrogen-bond donors (Lipinski definition) is 1. The highest BCUT2D eigenvalue weighted by Crippen LogP contribution is 2.25. The van der Waals surface area contributed by atoms with Crippen LogP contribution in [0.5, 0.6) is 0 Å². The van der Waals surface area contributed by atoms with Crippen molar-refractivity contribution in [2.75, 3.05) is 13.1 Å². The Morgan fingerprint density at radius 1 is 1.58 bits per heavy atom. The lowest BCUT2D eigenvalue weighted by Crippen LogP contribution is -2.41. The fraction of sp³-hybridized carbons (Fsp3) is 0.500. The van der Waals surface area contributed by atoms with Crippen LogP contribution < -0.4 is 5.73 Å². The molecule has 0 aliphatic carbocycles. The average Bonchev–Trinajstić information content (AvgIpc) is 2.85. The molecule has 1 saturated heterocycles. The number of hydrogen-bond acceptors (Lipinski definition) is 2. The van der Waals surface area contributed by atoms with Gasteiger partial charge in [-0.3, -0.25) is 4.79 Å². The number of halogens is 2. The second-order valence-corrected chi connectivity index (χ2v) is 5.28. The highest BCUT2D eigenvalue weighted by Gasteiger charge is 2.30. The molecule has 0 aromatic heterocycles. The third kappa shape index (κ3) is 3.62. The lowest BCUT2D eigenvalue weighted by molar-refractivity contribution is -0.133. The quantitative estimate of drug-likeness (QED) is 0.933. The zero-order valence-electron chi connectivity index (χ0n) is 11.0. The Balaban J connectivity index is 0.00000180. The lowest BCUT2D eigenvalue weighted by Gasteiger charge is -2.26. The first-order chi connectivity index (χ1) is 8.63. The molecular weight excluding hydrogens is 283 g/mol. The molecule has 0 bridgehead atoms. The molecule has 1 amide bonds. The van der Waals surface area contributed by atoms with Crippen molar-refractivity contribution in [1.82, 2.24) is 4.90 Å². The molecule has 0 spiro atoms. The molecule has 0 saturated carbocycles. The molecule has 1 aromatic carbocycles. The summed E-state index contributed by atoms with van der Waals surface area (Å²) in [5.41, 5.74) is 6.68. The average molecular weight is 303 g/mol. The summed E-state index contributed by atoms with van der Waals surface area (Å²) in [5.74, 6) is 0.000988. The van der Waals surface area contributed by atoms with E-state index in [2.05, 4.69) is 0 Å². The summed E-state index contributed by atoms with van der Waals surface area (Å²) in [7, 11) is 0. The largest absolute Gasteiger partial charge is 0.338 e. The zero-order chi connectivity index (χ0) is 13.1. The van der Waals surface area contributed by atoms with E-state index < -0.39 is 0 Å². The van der Waals surface area contributed by atoms with Gasteiger partial charge in [-0.25, -0.2) is 0 Å². The number of carbonyl (C=O) groups is 1. The van der Waals surface area contributed by atoms with Crippen molar-refractivity contribution in [3.63, 3.8) is 0 Å². The summed E-state index contributed by atoms with van der Waals surface area (Å²) in [4.78, 5) is 14.4. The van der Waals surface area contributed by atoms with Gasteiger partial charge in [0.05, 0.1) is 5.92 Å². The molecular formula is C14H20Cl2N2O. The zero-order valence-corrected chi connectivity index (χ0v) is 12.6. The van der Waals surface area contributed by atoms with Gasteiger partial charge in [-0.1, -0.05) is 23.7 Å². The van der Waals surface area contributed by atoms with Gasteiger partial charge in [-0.2, -0.15) is 0 Å². The first-order valence-corrected chi connectivity index (χ1v) is 6.77. The Morgan fingerprint density at radius 2 is 2.32 bits per heavy atom. The number of nitrogens with two attached hydrogens (primary N) is 1. The number of benzene rings is 1. The van der Waals surface area contributed by atoms with Crippen LogP contribution in [0.25, 0.3) is 0 Å². The number of nitrogens with zero attached hydrogens (tertiary/aromatic N) is 1. The lowest BCUT2D eigenvalue weighted by atomic mass is 9.99. The molecule has 5 heteroatoms. The van der Waals surface area contributed by atoms with Crippen LogP contribution in [0.1, 0.15) is 31.2 Å². The highest BCUT2D eigenvalue weighted by molar-refractivity contribution is 6.30. The van der Waals surface area contributed by atoms with E-state index in [4.69, 9.17) is 17.3 Å². The molecule has 2 rings (SSSR count). The van der Waals surface area contributed by atoms with Crippen LogP contribution in [0.4, 0.5) is 0 Å². The maximum Gasteiger partial charge on any atom is 0.230 e. The van der Waals surface area contributed by atoms with E-state index in [0.717, 1.165) is 24.9 Å². The highest BCUT2D eigenvalue weighted by atomic mass is 35.5.